The Hall–Kier alpha value is -1.78. The van der Waals surface area contributed by atoms with Crippen LogP contribution in [0.3, 0.4) is 0 Å². The lowest BCUT2D eigenvalue weighted by Gasteiger charge is -2.16. The highest BCUT2D eigenvalue weighted by molar-refractivity contribution is 5.88. The molecular weight excluding hydrogens is 196 g/mol. The smallest absolute Gasteiger partial charge is 0.336 e. The van der Waals surface area contributed by atoms with Crippen molar-refractivity contribution in [1.82, 2.24) is 4.98 Å². The Bertz CT molecular complexity index is 433. The monoisotopic (exact) mass is 208 g/mol. The molecule has 0 radical (unpaired) electrons. The molecule has 1 aromatic heterocycles. The third-order valence-electron chi connectivity index (χ3n) is 2.52. The number of nitrogens with zero attached hydrogens (tertiary/aromatic N) is 1. The summed E-state index contributed by atoms with van der Waals surface area (Å²) in [5.74, 6) is -0.459. The highest BCUT2D eigenvalue weighted by atomic mass is 16.4. The molecule has 0 spiro atoms. The summed E-state index contributed by atoms with van der Waals surface area (Å²) in [5.41, 5.74) is -0.322. The van der Waals surface area contributed by atoms with Crippen LogP contribution in [-0.4, -0.2) is 29.1 Å². The van der Waals surface area contributed by atoms with E-state index in [1.165, 1.54) is 6.07 Å². The maximum Gasteiger partial charge on any atom is 0.336 e. The number of carbonyl (C=O) groups is 1. The number of rotatable bonds is 2. The van der Waals surface area contributed by atoms with Crippen molar-refractivity contribution in [2.45, 2.75) is 12.8 Å². The van der Waals surface area contributed by atoms with E-state index in [1.54, 1.807) is 0 Å². The molecule has 2 rings (SSSR count). The largest absolute Gasteiger partial charge is 0.478 e. The van der Waals surface area contributed by atoms with E-state index in [4.69, 9.17) is 5.11 Å². The van der Waals surface area contributed by atoms with Crippen LogP contribution in [0, 0.1) is 0 Å². The van der Waals surface area contributed by atoms with Crippen LogP contribution >= 0.6 is 0 Å². The third-order valence-corrected chi connectivity index (χ3v) is 2.52. The number of pyridine rings is 1. The second-order valence-corrected chi connectivity index (χ2v) is 3.62. The van der Waals surface area contributed by atoms with E-state index >= 15 is 0 Å². The van der Waals surface area contributed by atoms with Crippen LogP contribution in [0.15, 0.2) is 16.9 Å². The number of anilines is 1. The highest BCUT2D eigenvalue weighted by Crippen LogP contribution is 2.17. The number of carboxylic acid groups (broad SMARTS) is 1. The van der Waals surface area contributed by atoms with Crippen LogP contribution in [0.1, 0.15) is 23.2 Å². The van der Waals surface area contributed by atoms with E-state index in [0.29, 0.717) is 5.82 Å². The predicted octanol–water partition coefficient (Wildman–Crippen LogP) is 0.673. The van der Waals surface area contributed by atoms with Gasteiger partial charge >= 0.3 is 5.97 Å². The molecule has 0 saturated carbocycles. The van der Waals surface area contributed by atoms with Gasteiger partial charge in [0.25, 0.3) is 0 Å². The van der Waals surface area contributed by atoms with Crippen LogP contribution in [0.25, 0.3) is 0 Å². The zero-order chi connectivity index (χ0) is 10.8. The first-order valence-electron chi connectivity index (χ1n) is 4.89. The van der Waals surface area contributed by atoms with Gasteiger partial charge in [0.2, 0.25) is 5.56 Å². The van der Waals surface area contributed by atoms with E-state index in [2.05, 4.69) is 4.98 Å². The molecule has 5 heteroatoms. The minimum absolute atomic E-state index is 0.0423. The number of H-pyrrole nitrogens is 1. The van der Waals surface area contributed by atoms with Crippen LogP contribution in [0.2, 0.25) is 0 Å². The number of carboxylic acids is 1. The molecule has 0 unspecified atom stereocenters. The summed E-state index contributed by atoms with van der Waals surface area (Å²) in [5, 5.41) is 8.81. The molecule has 0 bridgehead atoms. The lowest BCUT2D eigenvalue weighted by atomic mass is 10.2. The molecule has 1 saturated heterocycles. The normalized spacial score (nSPS) is 15.6. The van der Waals surface area contributed by atoms with E-state index in [0.717, 1.165) is 32.0 Å². The van der Waals surface area contributed by atoms with Gasteiger partial charge in [-0.25, -0.2) is 4.79 Å². The number of hydrogen-bond donors (Lipinski definition) is 2. The van der Waals surface area contributed by atoms with Crippen molar-refractivity contribution in [2.75, 3.05) is 18.0 Å². The van der Waals surface area contributed by atoms with E-state index in [9.17, 15) is 9.59 Å². The first-order chi connectivity index (χ1) is 7.16. The number of nitrogens with one attached hydrogen (secondary N) is 1. The number of aromatic nitrogens is 1. The van der Waals surface area contributed by atoms with Crippen molar-refractivity contribution >= 4 is 11.8 Å². The highest BCUT2D eigenvalue weighted by Gasteiger charge is 2.15. The molecule has 0 aliphatic carbocycles. The minimum Gasteiger partial charge on any atom is -0.478 e. The summed E-state index contributed by atoms with van der Waals surface area (Å²) in [6, 6.07) is 2.61. The van der Waals surface area contributed by atoms with Crippen LogP contribution in [0.5, 0.6) is 0 Å². The molecule has 1 aromatic rings. The SMILES string of the molecule is O=C(O)c1cc(N2CCCC2)[nH]c(=O)c1. The van der Waals surface area contributed by atoms with Gasteiger partial charge in [0, 0.05) is 19.2 Å². The van der Waals surface area contributed by atoms with Gasteiger partial charge in [-0.05, 0) is 18.9 Å². The Morgan fingerprint density at radius 1 is 1.33 bits per heavy atom. The number of aromatic amines is 1. The Morgan fingerprint density at radius 2 is 2.00 bits per heavy atom. The van der Waals surface area contributed by atoms with Gasteiger partial charge in [-0.1, -0.05) is 0 Å². The second-order valence-electron chi connectivity index (χ2n) is 3.62. The van der Waals surface area contributed by atoms with Crippen molar-refractivity contribution in [3.63, 3.8) is 0 Å². The molecular formula is C10H12N2O3. The van der Waals surface area contributed by atoms with Gasteiger partial charge in [-0.15, -0.1) is 0 Å². The Balaban J connectivity index is 2.38. The van der Waals surface area contributed by atoms with Gasteiger partial charge in [0.05, 0.1) is 5.56 Å². The van der Waals surface area contributed by atoms with Crippen LogP contribution in [0.4, 0.5) is 5.82 Å². The Labute approximate surface area is 86.3 Å². The summed E-state index contributed by atoms with van der Waals surface area (Å²) in [7, 11) is 0. The number of aromatic carboxylic acids is 1. The molecule has 0 atom stereocenters. The van der Waals surface area contributed by atoms with Crippen LogP contribution < -0.4 is 10.5 Å². The summed E-state index contributed by atoms with van der Waals surface area (Å²) < 4.78 is 0. The van der Waals surface area contributed by atoms with E-state index in [-0.39, 0.29) is 11.1 Å². The van der Waals surface area contributed by atoms with Crippen molar-refractivity contribution in [2.24, 2.45) is 0 Å². The summed E-state index contributed by atoms with van der Waals surface area (Å²) >= 11 is 0. The average molecular weight is 208 g/mol. The molecule has 0 aromatic carbocycles. The predicted molar refractivity (Wildman–Crippen MR) is 55.5 cm³/mol. The molecule has 0 amide bonds. The Kier molecular flexibility index (Phi) is 2.45. The lowest BCUT2D eigenvalue weighted by molar-refractivity contribution is 0.0696. The lowest BCUT2D eigenvalue weighted by Crippen LogP contribution is -2.23. The first-order valence-corrected chi connectivity index (χ1v) is 4.89. The van der Waals surface area contributed by atoms with Crippen molar-refractivity contribution in [1.29, 1.82) is 0 Å². The van der Waals surface area contributed by atoms with Gasteiger partial charge in [-0.2, -0.15) is 0 Å². The van der Waals surface area contributed by atoms with Crippen molar-refractivity contribution < 1.29 is 9.90 Å². The molecule has 1 fully saturated rings. The zero-order valence-corrected chi connectivity index (χ0v) is 8.19. The Morgan fingerprint density at radius 3 is 2.60 bits per heavy atom. The molecule has 2 N–H and O–H groups in total. The summed E-state index contributed by atoms with van der Waals surface area (Å²) in [6.07, 6.45) is 2.17. The third kappa shape index (κ3) is 2.01. The van der Waals surface area contributed by atoms with Gasteiger partial charge in [0.1, 0.15) is 5.82 Å². The van der Waals surface area contributed by atoms with Crippen molar-refractivity contribution in [3.05, 3.63) is 28.0 Å². The molecule has 80 valence electrons. The topological polar surface area (TPSA) is 73.4 Å². The van der Waals surface area contributed by atoms with Gasteiger partial charge in [-0.3, -0.25) is 4.79 Å². The second kappa shape index (κ2) is 3.76. The fraction of sp³-hybridized carbons (Fsp3) is 0.400. The quantitative estimate of drug-likeness (QED) is 0.749. The van der Waals surface area contributed by atoms with E-state index in [1.807, 2.05) is 4.90 Å². The molecule has 2 heterocycles. The average Bonchev–Trinajstić information content (AvgIpc) is 2.69. The molecule has 15 heavy (non-hydrogen) atoms. The molecule has 5 nitrogen and oxygen atoms in total. The van der Waals surface area contributed by atoms with Gasteiger partial charge in [0.15, 0.2) is 0 Å². The zero-order valence-electron chi connectivity index (χ0n) is 8.19. The fourth-order valence-corrected chi connectivity index (χ4v) is 1.78. The molecule has 1 aliphatic heterocycles. The summed E-state index contributed by atoms with van der Waals surface area (Å²) in [4.78, 5) is 26.6. The van der Waals surface area contributed by atoms with Crippen molar-refractivity contribution in [3.8, 4) is 0 Å². The van der Waals surface area contributed by atoms with Crippen LogP contribution in [-0.2, 0) is 0 Å². The number of hydrogen-bond acceptors (Lipinski definition) is 3. The minimum atomic E-state index is -1.07. The van der Waals surface area contributed by atoms with Gasteiger partial charge < -0.3 is 15.0 Å². The first kappa shape index (κ1) is 9.76. The molecule has 1 aliphatic rings. The van der Waals surface area contributed by atoms with E-state index < -0.39 is 5.97 Å². The fourth-order valence-electron chi connectivity index (χ4n) is 1.78. The summed E-state index contributed by atoms with van der Waals surface area (Å²) in [6.45, 7) is 1.75. The standard InChI is InChI=1S/C10H12N2O3/c13-9-6-7(10(14)15)5-8(11-9)12-3-1-2-4-12/h5-6H,1-4H2,(H,11,13)(H,14,15). The maximum absolute atomic E-state index is 11.2. The maximum atomic E-state index is 11.2.